The first-order chi connectivity index (χ1) is 19.0. The smallest absolute Gasteiger partial charge is 0.414 e. The Morgan fingerprint density at radius 2 is 1.76 bits per heavy atom. The minimum Gasteiger partial charge on any atom is -0.494 e. The third-order valence-corrected chi connectivity index (χ3v) is 6.08. The molecule has 226 valence electrons. The topological polar surface area (TPSA) is 84.7 Å². The number of pyridine rings is 1. The van der Waals surface area contributed by atoms with Gasteiger partial charge < -0.3 is 19.4 Å². The van der Waals surface area contributed by atoms with Crippen molar-refractivity contribution in [2.24, 2.45) is 0 Å². The fourth-order valence-electron chi connectivity index (χ4n) is 4.14. The zero-order valence-electron chi connectivity index (χ0n) is 21.8. The minimum absolute atomic E-state index is 0.0143. The van der Waals surface area contributed by atoms with Crippen molar-refractivity contribution in [3.63, 3.8) is 0 Å². The number of amides is 2. The van der Waals surface area contributed by atoms with E-state index in [4.69, 9.17) is 4.74 Å². The average molecular weight is 600 g/mol. The second-order valence-electron chi connectivity index (χ2n) is 8.82. The quantitative estimate of drug-likeness (QED) is 0.293. The highest BCUT2D eigenvalue weighted by molar-refractivity contribution is 5.75. The van der Waals surface area contributed by atoms with Gasteiger partial charge in [-0.1, -0.05) is 6.92 Å². The van der Waals surface area contributed by atoms with Gasteiger partial charge in [-0.25, -0.2) is 14.8 Å². The number of carbonyl (C=O) groups excluding carboxylic acids is 1. The molecule has 2 amide bonds. The fraction of sp³-hybridized carbons (Fsp3) is 0.500. The van der Waals surface area contributed by atoms with Gasteiger partial charge in [-0.2, -0.15) is 39.5 Å². The highest BCUT2D eigenvalue weighted by atomic mass is 19.4. The monoisotopic (exact) mass is 600 g/mol. The maximum Gasteiger partial charge on any atom is 0.414 e. The maximum atomic E-state index is 14.4. The second kappa shape index (κ2) is 12.0. The summed E-state index contributed by atoms with van der Waals surface area (Å²) in [5, 5.41) is 1.29. The summed E-state index contributed by atoms with van der Waals surface area (Å²) >= 11 is 0. The third kappa shape index (κ3) is 7.49. The largest absolute Gasteiger partial charge is 0.494 e. The summed E-state index contributed by atoms with van der Waals surface area (Å²) in [5.41, 5.74) is 0.426. The maximum absolute atomic E-state index is 14.4. The number of alkyl halides is 9. The molecular weight excluding hydrogens is 575 g/mol. The predicted molar refractivity (Wildman–Crippen MR) is 127 cm³/mol. The Morgan fingerprint density at radius 1 is 1.07 bits per heavy atom. The number of aromatic nitrogens is 4. The summed E-state index contributed by atoms with van der Waals surface area (Å²) in [6.45, 7) is 2.10. The Bertz CT molecular complexity index is 1350. The van der Waals surface area contributed by atoms with E-state index < -0.39 is 61.7 Å². The molecule has 2 atom stereocenters. The van der Waals surface area contributed by atoms with Crippen LogP contribution in [0.4, 0.5) is 44.3 Å². The van der Waals surface area contributed by atoms with Gasteiger partial charge in [0.15, 0.2) is 11.7 Å². The van der Waals surface area contributed by atoms with E-state index in [1.54, 1.807) is 17.5 Å². The van der Waals surface area contributed by atoms with Gasteiger partial charge in [-0.3, -0.25) is 4.98 Å². The number of fused-ring (bicyclic) bond motifs is 1. The number of carbonyl (C=O) groups is 1. The van der Waals surface area contributed by atoms with Crippen LogP contribution in [0, 0.1) is 0 Å². The molecule has 0 fully saturated rings. The van der Waals surface area contributed by atoms with E-state index in [0.717, 1.165) is 19.2 Å². The van der Waals surface area contributed by atoms with E-state index in [0.29, 0.717) is 17.8 Å². The molecule has 0 saturated heterocycles. The van der Waals surface area contributed by atoms with Crippen LogP contribution >= 0.6 is 0 Å². The van der Waals surface area contributed by atoms with Crippen molar-refractivity contribution in [1.82, 2.24) is 29.6 Å². The van der Waals surface area contributed by atoms with Crippen molar-refractivity contribution >= 4 is 11.7 Å². The van der Waals surface area contributed by atoms with Crippen LogP contribution in [0.5, 0.6) is 5.75 Å². The Balaban J connectivity index is 2.06. The fourth-order valence-corrected chi connectivity index (χ4v) is 4.14. The van der Waals surface area contributed by atoms with Crippen LogP contribution < -0.4 is 10.1 Å². The van der Waals surface area contributed by atoms with Crippen molar-refractivity contribution in [2.45, 2.75) is 63.7 Å². The van der Waals surface area contributed by atoms with E-state index in [-0.39, 0.29) is 21.9 Å². The van der Waals surface area contributed by atoms with E-state index in [1.165, 1.54) is 24.8 Å². The lowest BCUT2D eigenvalue weighted by molar-refractivity contribution is -0.182. The molecule has 0 aliphatic heterocycles. The van der Waals surface area contributed by atoms with Crippen molar-refractivity contribution in [3.05, 3.63) is 42.2 Å². The minimum atomic E-state index is -5.35. The molecule has 0 aliphatic carbocycles. The summed E-state index contributed by atoms with van der Waals surface area (Å²) in [6, 6.07) is -6.83. The highest BCUT2D eigenvalue weighted by Crippen LogP contribution is 2.40. The first kappa shape index (κ1) is 31.7. The lowest BCUT2D eigenvalue weighted by Gasteiger charge is -2.34. The van der Waals surface area contributed by atoms with Crippen molar-refractivity contribution in [3.8, 4) is 17.0 Å². The summed E-state index contributed by atoms with van der Waals surface area (Å²) < 4.78 is 128. The summed E-state index contributed by atoms with van der Waals surface area (Å²) in [7, 11) is 1.24. The molecule has 0 radical (unpaired) electrons. The number of rotatable bonds is 9. The van der Waals surface area contributed by atoms with Crippen LogP contribution in [0.3, 0.4) is 0 Å². The molecule has 3 aromatic heterocycles. The van der Waals surface area contributed by atoms with Crippen molar-refractivity contribution in [1.29, 1.82) is 0 Å². The molecule has 41 heavy (non-hydrogen) atoms. The molecule has 0 aromatic carbocycles. The Labute approximate surface area is 227 Å². The van der Waals surface area contributed by atoms with Crippen LogP contribution in [0.1, 0.15) is 44.1 Å². The number of methoxy groups -OCH3 is 1. The Kier molecular flexibility index (Phi) is 9.27. The van der Waals surface area contributed by atoms with Gasteiger partial charge in [0.05, 0.1) is 30.4 Å². The number of aryl methyl sites for hydroxylation is 1. The zero-order valence-corrected chi connectivity index (χ0v) is 21.8. The Hall–Kier alpha value is -3.79. The Morgan fingerprint density at radius 3 is 2.29 bits per heavy atom. The van der Waals surface area contributed by atoms with Gasteiger partial charge in [0.2, 0.25) is 0 Å². The second-order valence-corrected chi connectivity index (χ2v) is 8.82. The van der Waals surface area contributed by atoms with Crippen molar-refractivity contribution in [2.75, 3.05) is 13.7 Å². The van der Waals surface area contributed by atoms with Crippen LogP contribution in [-0.2, 0) is 6.42 Å². The summed E-state index contributed by atoms with van der Waals surface area (Å²) in [4.78, 5) is 25.2. The number of halogens is 9. The predicted octanol–water partition coefficient (Wildman–Crippen LogP) is 6.27. The molecule has 2 unspecified atom stereocenters. The van der Waals surface area contributed by atoms with E-state index in [1.807, 2.05) is 0 Å². The molecule has 3 rings (SSSR count). The number of hydrogen-bond acceptors (Lipinski definition) is 5. The number of imidazole rings is 1. The van der Waals surface area contributed by atoms with Gasteiger partial charge in [0.1, 0.15) is 11.8 Å². The number of hydrogen-bond donors (Lipinski definition) is 1. The number of nitrogens with one attached hydrogen (secondary N) is 1. The third-order valence-electron chi connectivity index (χ3n) is 6.08. The van der Waals surface area contributed by atoms with E-state index >= 15 is 0 Å². The van der Waals surface area contributed by atoms with Crippen LogP contribution in [0.15, 0.2) is 30.9 Å². The molecule has 8 nitrogen and oxygen atoms in total. The van der Waals surface area contributed by atoms with Crippen molar-refractivity contribution < 1.29 is 49.0 Å². The molecule has 0 spiro atoms. The molecule has 3 heterocycles. The summed E-state index contributed by atoms with van der Waals surface area (Å²) in [6.07, 6.45) is -13.2. The molecule has 0 aliphatic rings. The standard InChI is InChI=1S/C24H25F9N6O2/c1-4-14-20-34-8-9-38(20)12-16(36-14)13-10-15(35-11-17(13)41-3)19(24(31,32)33)39(5-2)21(40)37-18(23(28,29)30)6-7-22(25,26)27/h8-12,18-19H,4-7H2,1-3H3,(H,37,40). The lowest BCUT2D eigenvalue weighted by Crippen LogP contribution is -2.53. The van der Waals surface area contributed by atoms with Gasteiger partial charge in [0.25, 0.3) is 0 Å². The first-order valence-corrected chi connectivity index (χ1v) is 12.1. The molecule has 17 heteroatoms. The normalized spacial score (nSPS) is 14.1. The van der Waals surface area contributed by atoms with Gasteiger partial charge in [-0.05, 0) is 25.8 Å². The van der Waals surface area contributed by atoms with Gasteiger partial charge >= 0.3 is 24.6 Å². The van der Waals surface area contributed by atoms with Crippen LogP contribution in [-0.4, -0.2) is 68.5 Å². The zero-order chi connectivity index (χ0) is 30.8. The molecule has 1 N–H and O–H groups in total. The highest BCUT2D eigenvalue weighted by Gasteiger charge is 2.49. The summed E-state index contributed by atoms with van der Waals surface area (Å²) in [5.74, 6) is 0.0143. The average Bonchev–Trinajstić information content (AvgIpc) is 3.35. The van der Waals surface area contributed by atoms with E-state index in [2.05, 4.69) is 15.0 Å². The first-order valence-electron chi connectivity index (χ1n) is 12.1. The molecule has 0 bridgehead atoms. The molecule has 0 saturated carbocycles. The molecule has 3 aromatic rings. The number of nitrogens with zero attached hydrogens (tertiary/aromatic N) is 5. The SMILES string of the molecule is CCc1nc(-c2cc(C(N(CC)C(=O)NC(CCC(F)(F)F)C(F)(F)F)C(F)(F)F)ncc2OC)cn2ccnc12. The lowest BCUT2D eigenvalue weighted by atomic mass is 10.1. The van der Waals surface area contributed by atoms with Gasteiger partial charge in [0, 0.05) is 37.1 Å². The van der Waals surface area contributed by atoms with E-state index in [9.17, 15) is 44.3 Å². The van der Waals surface area contributed by atoms with Gasteiger partial charge in [-0.15, -0.1) is 0 Å². The van der Waals surface area contributed by atoms with Crippen LogP contribution in [0.25, 0.3) is 16.9 Å². The number of ether oxygens (including phenoxy) is 1. The van der Waals surface area contributed by atoms with Crippen LogP contribution in [0.2, 0.25) is 0 Å². The number of urea groups is 1. The molecular formula is C24H25F9N6O2.